The second-order valence-electron chi connectivity index (χ2n) is 7.21. The van der Waals surface area contributed by atoms with Crippen molar-refractivity contribution in [1.29, 1.82) is 0 Å². The first-order valence-electron chi connectivity index (χ1n) is 9.72. The van der Waals surface area contributed by atoms with Crippen molar-refractivity contribution in [3.05, 3.63) is 61.3 Å². The molecule has 1 aliphatic heterocycles. The van der Waals surface area contributed by atoms with E-state index in [1.807, 2.05) is 48.8 Å². The Morgan fingerprint density at radius 1 is 1.21 bits per heavy atom. The van der Waals surface area contributed by atoms with E-state index in [1.54, 1.807) is 17.2 Å². The number of piperidine rings is 1. The Labute approximate surface area is 167 Å². The molecule has 3 aromatic heterocycles. The number of nitrogens with one attached hydrogen (secondary N) is 2. The summed E-state index contributed by atoms with van der Waals surface area (Å²) < 4.78 is 1.77. The Hall–Kier alpha value is -3.68. The van der Waals surface area contributed by atoms with Crippen molar-refractivity contribution in [2.45, 2.75) is 12.8 Å². The number of aromatic nitrogens is 5. The molecule has 1 saturated heterocycles. The average Bonchev–Trinajstić information content (AvgIpc) is 3.46. The van der Waals surface area contributed by atoms with E-state index in [4.69, 9.17) is 0 Å². The van der Waals surface area contributed by atoms with Crippen molar-refractivity contribution in [2.24, 2.45) is 5.92 Å². The molecule has 0 saturated carbocycles. The van der Waals surface area contributed by atoms with E-state index in [0.29, 0.717) is 6.54 Å². The minimum atomic E-state index is -0.0962. The summed E-state index contributed by atoms with van der Waals surface area (Å²) >= 11 is 0. The summed E-state index contributed by atoms with van der Waals surface area (Å²) in [6.45, 7) is 1.53. The number of aromatic amines is 1. The van der Waals surface area contributed by atoms with Crippen LogP contribution in [0.4, 0.5) is 11.5 Å². The Morgan fingerprint density at radius 2 is 2.17 bits per heavy atom. The lowest BCUT2D eigenvalue weighted by Gasteiger charge is -2.33. The summed E-state index contributed by atoms with van der Waals surface area (Å²) in [4.78, 5) is 27.0. The first-order valence-corrected chi connectivity index (χ1v) is 9.72. The third kappa shape index (κ3) is 3.44. The van der Waals surface area contributed by atoms with Gasteiger partial charge in [0.2, 0.25) is 5.91 Å². The van der Waals surface area contributed by atoms with Crippen LogP contribution in [0.1, 0.15) is 12.8 Å². The topological polar surface area (TPSA) is 91.7 Å². The molecule has 1 atom stereocenters. The van der Waals surface area contributed by atoms with E-state index in [9.17, 15) is 4.79 Å². The lowest BCUT2D eigenvalue weighted by atomic mass is 9.97. The summed E-state index contributed by atoms with van der Waals surface area (Å²) in [6, 6.07) is 11.6. The van der Waals surface area contributed by atoms with Crippen LogP contribution in [-0.2, 0) is 4.79 Å². The maximum Gasteiger partial charge on any atom is 0.229 e. The Bertz CT molecular complexity index is 1130. The zero-order valence-electron chi connectivity index (χ0n) is 15.8. The second kappa shape index (κ2) is 7.38. The number of benzene rings is 1. The van der Waals surface area contributed by atoms with Crippen LogP contribution in [0.15, 0.2) is 61.3 Å². The number of rotatable bonds is 4. The van der Waals surface area contributed by atoms with Gasteiger partial charge < -0.3 is 15.2 Å². The molecule has 1 amide bonds. The molecule has 0 aliphatic carbocycles. The van der Waals surface area contributed by atoms with Crippen LogP contribution in [0.5, 0.6) is 0 Å². The smallest absolute Gasteiger partial charge is 0.229 e. The lowest BCUT2D eigenvalue weighted by Crippen LogP contribution is -2.41. The van der Waals surface area contributed by atoms with Crippen LogP contribution in [0, 0.1) is 5.92 Å². The number of hydrogen-bond donors (Lipinski definition) is 2. The van der Waals surface area contributed by atoms with E-state index < -0.39 is 0 Å². The molecule has 0 bridgehead atoms. The molecule has 5 rings (SSSR count). The third-order valence-corrected chi connectivity index (χ3v) is 5.31. The highest BCUT2D eigenvalue weighted by molar-refractivity contribution is 5.94. The number of nitrogens with zero attached hydrogens (tertiary/aromatic N) is 5. The van der Waals surface area contributed by atoms with Gasteiger partial charge in [-0.25, -0.2) is 14.6 Å². The number of fused-ring (bicyclic) bond motifs is 1. The van der Waals surface area contributed by atoms with E-state index in [2.05, 4.69) is 30.3 Å². The van der Waals surface area contributed by atoms with Crippen LogP contribution in [-0.4, -0.2) is 43.7 Å². The average molecular weight is 387 g/mol. The highest BCUT2D eigenvalue weighted by atomic mass is 16.1. The fraction of sp³-hybridized carbons (Fsp3) is 0.238. The predicted molar refractivity (Wildman–Crippen MR) is 111 cm³/mol. The number of H-pyrrole nitrogens is 1. The number of anilines is 2. The molecular weight excluding hydrogens is 366 g/mol. The number of amides is 1. The van der Waals surface area contributed by atoms with Gasteiger partial charge in [-0.15, -0.1) is 0 Å². The van der Waals surface area contributed by atoms with Crippen LogP contribution in [0.25, 0.3) is 16.7 Å². The van der Waals surface area contributed by atoms with E-state index in [-0.39, 0.29) is 11.8 Å². The Balaban J connectivity index is 1.32. The van der Waals surface area contributed by atoms with Gasteiger partial charge in [-0.05, 0) is 43.2 Å². The molecule has 2 N–H and O–H groups in total. The minimum absolute atomic E-state index is 0.0340. The maximum atomic E-state index is 13.0. The third-order valence-electron chi connectivity index (χ3n) is 5.31. The Morgan fingerprint density at radius 3 is 3.07 bits per heavy atom. The quantitative estimate of drug-likeness (QED) is 0.562. The largest absolute Gasteiger partial charge is 0.355 e. The van der Waals surface area contributed by atoms with Crippen LogP contribution in [0.3, 0.4) is 0 Å². The normalized spacial score (nSPS) is 16.8. The fourth-order valence-corrected chi connectivity index (χ4v) is 3.89. The number of hydrogen-bond acceptors (Lipinski definition) is 5. The molecule has 29 heavy (non-hydrogen) atoms. The van der Waals surface area contributed by atoms with Crippen molar-refractivity contribution in [2.75, 3.05) is 23.3 Å². The van der Waals surface area contributed by atoms with Gasteiger partial charge >= 0.3 is 0 Å². The van der Waals surface area contributed by atoms with Crippen molar-refractivity contribution < 1.29 is 4.79 Å². The first kappa shape index (κ1) is 17.4. The zero-order chi connectivity index (χ0) is 19.6. The van der Waals surface area contributed by atoms with E-state index in [0.717, 1.165) is 47.6 Å². The summed E-state index contributed by atoms with van der Waals surface area (Å²) in [6.07, 6.45) is 8.85. The molecule has 1 aromatic carbocycles. The van der Waals surface area contributed by atoms with Crippen LogP contribution >= 0.6 is 0 Å². The molecule has 4 heterocycles. The molecule has 0 radical (unpaired) electrons. The minimum Gasteiger partial charge on any atom is -0.355 e. The van der Waals surface area contributed by atoms with Crippen LogP contribution < -0.4 is 10.2 Å². The van der Waals surface area contributed by atoms with Gasteiger partial charge in [0.05, 0.1) is 17.0 Å². The van der Waals surface area contributed by atoms with Gasteiger partial charge in [-0.1, -0.05) is 6.07 Å². The summed E-state index contributed by atoms with van der Waals surface area (Å²) in [7, 11) is 0. The molecule has 8 nitrogen and oxygen atoms in total. The summed E-state index contributed by atoms with van der Waals surface area (Å²) in [5, 5.41) is 8.30. The number of carbonyl (C=O) groups excluding carboxylic acids is 1. The highest BCUT2D eigenvalue weighted by Gasteiger charge is 2.27. The standard InChI is InChI=1S/C21H21N7O/c29-21(26-16-5-1-6-17(12-16)28-11-3-8-25-28)15-4-2-10-27(13-15)20-18-7-9-22-19(18)23-14-24-20/h1,3,5-9,11-12,14-15H,2,4,10,13H2,(H,26,29)(H,22,23,24)/t15-/m1/s1. The van der Waals surface area contributed by atoms with Crippen LogP contribution in [0.2, 0.25) is 0 Å². The molecular formula is C21H21N7O. The van der Waals surface area contributed by atoms with Crippen molar-refractivity contribution >= 4 is 28.4 Å². The molecule has 0 unspecified atom stereocenters. The SMILES string of the molecule is O=C(Nc1cccc(-n2cccn2)c1)[C@@H]1CCCN(c2ncnc3[nH]ccc23)C1. The van der Waals surface area contributed by atoms with E-state index in [1.165, 1.54) is 0 Å². The van der Waals surface area contributed by atoms with Gasteiger partial charge in [-0.3, -0.25) is 4.79 Å². The van der Waals surface area contributed by atoms with Gasteiger partial charge in [0.1, 0.15) is 17.8 Å². The van der Waals surface area contributed by atoms with Crippen molar-refractivity contribution in [3.63, 3.8) is 0 Å². The summed E-state index contributed by atoms with van der Waals surface area (Å²) in [5.41, 5.74) is 2.50. The second-order valence-corrected chi connectivity index (χ2v) is 7.21. The molecule has 8 heteroatoms. The van der Waals surface area contributed by atoms with Gasteiger partial charge in [0.25, 0.3) is 0 Å². The van der Waals surface area contributed by atoms with Gasteiger partial charge in [0.15, 0.2) is 0 Å². The van der Waals surface area contributed by atoms with E-state index >= 15 is 0 Å². The molecule has 1 aliphatic rings. The van der Waals surface area contributed by atoms with Crippen molar-refractivity contribution in [3.8, 4) is 5.69 Å². The lowest BCUT2D eigenvalue weighted by molar-refractivity contribution is -0.120. The number of carbonyl (C=O) groups is 1. The molecule has 1 fully saturated rings. The highest BCUT2D eigenvalue weighted by Crippen LogP contribution is 2.27. The predicted octanol–water partition coefficient (Wildman–Crippen LogP) is 3.00. The molecule has 146 valence electrons. The molecule has 0 spiro atoms. The fourth-order valence-electron chi connectivity index (χ4n) is 3.89. The summed E-state index contributed by atoms with van der Waals surface area (Å²) in [5.74, 6) is 0.821. The Kier molecular flexibility index (Phi) is 4.44. The first-order chi connectivity index (χ1) is 14.3. The maximum absolute atomic E-state index is 13.0. The monoisotopic (exact) mass is 387 g/mol. The zero-order valence-corrected chi connectivity index (χ0v) is 15.8. The molecule has 4 aromatic rings. The van der Waals surface area contributed by atoms with Gasteiger partial charge in [0, 0.05) is 37.4 Å². The van der Waals surface area contributed by atoms with Crippen molar-refractivity contribution in [1.82, 2.24) is 24.7 Å². The van der Waals surface area contributed by atoms with Gasteiger partial charge in [-0.2, -0.15) is 5.10 Å².